The van der Waals surface area contributed by atoms with Crippen LogP contribution in [0.15, 0.2) is 53.0 Å². The van der Waals surface area contributed by atoms with Crippen molar-refractivity contribution in [2.75, 3.05) is 19.7 Å². The third-order valence-electron chi connectivity index (χ3n) is 4.79. The summed E-state index contributed by atoms with van der Waals surface area (Å²) in [7, 11) is 0. The van der Waals surface area contributed by atoms with Crippen LogP contribution < -0.4 is 10.1 Å². The predicted octanol–water partition coefficient (Wildman–Crippen LogP) is 4.02. The van der Waals surface area contributed by atoms with Gasteiger partial charge in [0.05, 0.1) is 6.61 Å². The van der Waals surface area contributed by atoms with Crippen LogP contribution >= 0.6 is 15.9 Å². The monoisotopic (exact) mass is 474 g/mol. The van der Waals surface area contributed by atoms with Crippen molar-refractivity contribution in [1.82, 2.24) is 10.2 Å². The lowest BCUT2D eigenvalue weighted by molar-refractivity contribution is 0.0698. The maximum atomic E-state index is 12.7. The summed E-state index contributed by atoms with van der Waals surface area (Å²) in [5.74, 6) is 0.124. The zero-order valence-electron chi connectivity index (χ0n) is 16.6. The van der Waals surface area contributed by atoms with Crippen molar-refractivity contribution in [3.63, 3.8) is 0 Å². The van der Waals surface area contributed by atoms with Crippen LogP contribution in [0.4, 0.5) is 4.79 Å². The van der Waals surface area contributed by atoms with Crippen LogP contribution in [0.25, 0.3) is 0 Å². The first-order chi connectivity index (χ1) is 14.5. The molecule has 8 heteroatoms. The Morgan fingerprint density at radius 2 is 1.60 bits per heavy atom. The Morgan fingerprint density at radius 3 is 2.20 bits per heavy atom. The van der Waals surface area contributed by atoms with E-state index in [-0.39, 0.29) is 24.5 Å². The van der Waals surface area contributed by atoms with Crippen LogP contribution in [-0.4, -0.2) is 48.6 Å². The minimum atomic E-state index is -0.774. The van der Waals surface area contributed by atoms with Gasteiger partial charge in [-0.15, -0.1) is 0 Å². The molecule has 1 N–H and O–H groups in total. The molecule has 0 atom stereocenters. The third-order valence-corrected chi connectivity index (χ3v) is 5.32. The molecular weight excluding hydrogens is 452 g/mol. The van der Waals surface area contributed by atoms with E-state index in [1.807, 2.05) is 12.1 Å². The Balaban J connectivity index is 1.49. The van der Waals surface area contributed by atoms with Crippen LogP contribution in [0.5, 0.6) is 5.75 Å². The second kappa shape index (κ2) is 10.2. The number of rotatable bonds is 5. The van der Waals surface area contributed by atoms with Crippen molar-refractivity contribution in [2.24, 2.45) is 0 Å². The maximum absolute atomic E-state index is 12.7. The highest BCUT2D eigenvalue weighted by Crippen LogP contribution is 2.18. The maximum Gasteiger partial charge on any atom is 0.513 e. The quantitative estimate of drug-likeness (QED) is 0.522. The van der Waals surface area contributed by atoms with Crippen LogP contribution in [-0.2, 0) is 4.74 Å². The molecule has 1 aliphatic rings. The average molecular weight is 475 g/mol. The summed E-state index contributed by atoms with van der Waals surface area (Å²) in [4.78, 5) is 38.2. The Kier molecular flexibility index (Phi) is 7.46. The summed E-state index contributed by atoms with van der Waals surface area (Å²) in [6.45, 7) is 3.05. The molecule has 1 aliphatic heterocycles. The fourth-order valence-corrected chi connectivity index (χ4v) is 3.45. The first-order valence-corrected chi connectivity index (χ1v) is 10.6. The second-order valence-electron chi connectivity index (χ2n) is 6.86. The Morgan fingerprint density at radius 1 is 1.00 bits per heavy atom. The molecule has 0 aromatic heterocycles. The van der Waals surface area contributed by atoms with E-state index in [4.69, 9.17) is 9.47 Å². The first-order valence-electron chi connectivity index (χ1n) is 9.76. The minimum absolute atomic E-state index is 0.0329. The molecule has 2 aromatic carbocycles. The van der Waals surface area contributed by atoms with Crippen molar-refractivity contribution in [2.45, 2.75) is 25.8 Å². The SMILES string of the molecule is CCOC(=O)Oc1ccc(C(=O)N2CCC(NC(=O)c3ccc(Br)cc3)CC2)cc1. The zero-order chi connectivity index (χ0) is 21.5. The Hall–Kier alpha value is -2.87. The largest absolute Gasteiger partial charge is 0.513 e. The van der Waals surface area contributed by atoms with Gasteiger partial charge in [-0.25, -0.2) is 4.79 Å². The van der Waals surface area contributed by atoms with E-state index in [1.54, 1.807) is 48.2 Å². The van der Waals surface area contributed by atoms with E-state index < -0.39 is 6.16 Å². The molecule has 2 aromatic rings. The van der Waals surface area contributed by atoms with E-state index in [0.717, 1.165) is 4.47 Å². The molecule has 1 heterocycles. The number of hydrogen-bond donors (Lipinski definition) is 1. The molecule has 0 saturated carbocycles. The summed E-state index contributed by atoms with van der Waals surface area (Å²) in [5, 5.41) is 3.04. The number of hydrogen-bond acceptors (Lipinski definition) is 5. The topological polar surface area (TPSA) is 84.9 Å². The lowest BCUT2D eigenvalue weighted by Crippen LogP contribution is -2.46. The standard InChI is InChI=1S/C22H23BrN2O5/c1-2-29-22(28)30-19-9-5-16(6-10-19)21(27)25-13-11-18(12-14-25)24-20(26)15-3-7-17(23)8-4-15/h3-10,18H,2,11-14H2,1H3,(H,24,26). The number of nitrogens with zero attached hydrogens (tertiary/aromatic N) is 1. The van der Waals surface area contributed by atoms with Gasteiger partial charge >= 0.3 is 6.16 Å². The number of carbonyl (C=O) groups is 3. The number of halogens is 1. The number of piperidine rings is 1. The van der Waals surface area contributed by atoms with E-state index in [9.17, 15) is 14.4 Å². The molecule has 1 saturated heterocycles. The van der Waals surface area contributed by atoms with Gasteiger partial charge in [0.2, 0.25) is 0 Å². The van der Waals surface area contributed by atoms with Crippen molar-refractivity contribution in [1.29, 1.82) is 0 Å². The Bertz CT molecular complexity index is 891. The van der Waals surface area contributed by atoms with Gasteiger partial charge < -0.3 is 19.7 Å². The summed E-state index contributed by atoms with van der Waals surface area (Å²) in [6.07, 6.45) is 0.611. The number of amides is 2. The van der Waals surface area contributed by atoms with Gasteiger partial charge in [-0.2, -0.15) is 0 Å². The number of likely N-dealkylation sites (tertiary alicyclic amines) is 1. The summed E-state index contributed by atoms with van der Waals surface area (Å²) < 4.78 is 10.6. The predicted molar refractivity (Wildman–Crippen MR) is 115 cm³/mol. The third kappa shape index (κ3) is 5.82. The summed E-state index contributed by atoms with van der Waals surface area (Å²) in [6, 6.07) is 13.6. The fraction of sp³-hybridized carbons (Fsp3) is 0.318. The van der Waals surface area contributed by atoms with Gasteiger partial charge in [-0.3, -0.25) is 9.59 Å². The van der Waals surface area contributed by atoms with Gasteiger partial charge in [0, 0.05) is 34.7 Å². The van der Waals surface area contributed by atoms with Crippen LogP contribution in [0, 0.1) is 0 Å². The molecule has 1 fully saturated rings. The zero-order valence-corrected chi connectivity index (χ0v) is 18.2. The minimum Gasteiger partial charge on any atom is -0.434 e. The fourth-order valence-electron chi connectivity index (χ4n) is 3.19. The Labute approximate surface area is 183 Å². The molecule has 2 amide bonds. The highest BCUT2D eigenvalue weighted by Gasteiger charge is 2.25. The number of nitrogens with one attached hydrogen (secondary N) is 1. The molecule has 0 aliphatic carbocycles. The highest BCUT2D eigenvalue weighted by molar-refractivity contribution is 9.10. The molecule has 3 rings (SSSR count). The smallest absolute Gasteiger partial charge is 0.434 e. The van der Waals surface area contributed by atoms with Gasteiger partial charge in [0.25, 0.3) is 11.8 Å². The first kappa shape index (κ1) is 21.8. The van der Waals surface area contributed by atoms with Crippen LogP contribution in [0.1, 0.15) is 40.5 Å². The number of ether oxygens (including phenoxy) is 2. The number of benzene rings is 2. The molecule has 0 radical (unpaired) electrons. The second-order valence-corrected chi connectivity index (χ2v) is 7.77. The lowest BCUT2D eigenvalue weighted by atomic mass is 10.0. The van der Waals surface area contributed by atoms with E-state index >= 15 is 0 Å². The van der Waals surface area contributed by atoms with E-state index in [0.29, 0.717) is 42.8 Å². The van der Waals surface area contributed by atoms with Crippen molar-refractivity contribution >= 4 is 33.9 Å². The summed E-state index contributed by atoms with van der Waals surface area (Å²) >= 11 is 3.36. The van der Waals surface area contributed by atoms with Gasteiger partial charge in [0.1, 0.15) is 5.75 Å². The molecule has 7 nitrogen and oxygen atoms in total. The van der Waals surface area contributed by atoms with Crippen molar-refractivity contribution in [3.8, 4) is 5.75 Å². The molecule has 30 heavy (non-hydrogen) atoms. The molecule has 0 spiro atoms. The average Bonchev–Trinajstić information content (AvgIpc) is 2.75. The number of carbonyl (C=O) groups excluding carboxylic acids is 3. The van der Waals surface area contributed by atoms with Gasteiger partial charge in [-0.05, 0) is 68.3 Å². The highest BCUT2D eigenvalue weighted by atomic mass is 79.9. The summed E-state index contributed by atoms with van der Waals surface area (Å²) in [5.41, 5.74) is 1.13. The van der Waals surface area contributed by atoms with Gasteiger partial charge in [0.15, 0.2) is 0 Å². The molecular formula is C22H23BrN2O5. The van der Waals surface area contributed by atoms with E-state index in [2.05, 4.69) is 21.2 Å². The lowest BCUT2D eigenvalue weighted by Gasteiger charge is -2.32. The molecule has 0 unspecified atom stereocenters. The van der Waals surface area contributed by atoms with Gasteiger partial charge in [-0.1, -0.05) is 15.9 Å². The normalized spacial score (nSPS) is 14.1. The van der Waals surface area contributed by atoms with Crippen molar-refractivity contribution in [3.05, 3.63) is 64.1 Å². The van der Waals surface area contributed by atoms with Crippen molar-refractivity contribution < 1.29 is 23.9 Å². The van der Waals surface area contributed by atoms with E-state index in [1.165, 1.54) is 0 Å². The molecule has 158 valence electrons. The molecule has 0 bridgehead atoms. The van der Waals surface area contributed by atoms with Crippen LogP contribution in [0.3, 0.4) is 0 Å². The van der Waals surface area contributed by atoms with Crippen LogP contribution in [0.2, 0.25) is 0 Å².